The summed E-state index contributed by atoms with van der Waals surface area (Å²) in [5.41, 5.74) is 0. The van der Waals surface area contributed by atoms with E-state index in [2.05, 4.69) is 0 Å². The number of halogens is 4. The van der Waals surface area contributed by atoms with Crippen molar-refractivity contribution in [3.63, 3.8) is 0 Å². The van der Waals surface area contributed by atoms with Gasteiger partial charge in [0.05, 0.1) is 0 Å². The molecule has 0 radical (unpaired) electrons. The molecule has 0 atom stereocenters. The van der Waals surface area contributed by atoms with Crippen molar-refractivity contribution in [2.45, 2.75) is 0 Å². The molecule has 0 aromatic heterocycles. The maximum Gasteiger partial charge on any atom is 0.673 e. The van der Waals surface area contributed by atoms with Gasteiger partial charge in [0.15, 0.2) is 0 Å². The van der Waals surface area contributed by atoms with Crippen LogP contribution in [0.3, 0.4) is 0 Å². The highest BCUT2D eigenvalue weighted by atomic mass is 32.1. The number of nitrogens with zero attached hydrogens (tertiary/aromatic N) is 1. The number of rotatable bonds is 0. The summed E-state index contributed by atoms with van der Waals surface area (Å²) in [6, 6.07) is 0. The third-order valence-electron chi connectivity index (χ3n) is 0.149. The van der Waals surface area contributed by atoms with Crippen LogP contribution in [-0.2, 0) is 11.5 Å². The third-order valence-corrected chi connectivity index (χ3v) is 0.447. The van der Waals surface area contributed by atoms with Crippen LogP contribution >= 0.6 is 0 Å². The zero-order valence-corrected chi connectivity index (χ0v) is 6.17. The average molecular weight is 179 g/mol. The minimum atomic E-state index is -6.00. The molecule has 62 valence electrons. The molecule has 0 spiro atoms. The standard InChI is InChI=1S/C2H6NOS.BF4/c1-3(2)5-4;2-1(3,4)5/h1-2H3;/q+1;-1. The van der Waals surface area contributed by atoms with Gasteiger partial charge in [-0.1, -0.05) is 0 Å². The lowest BCUT2D eigenvalue weighted by Gasteiger charge is -1.94. The van der Waals surface area contributed by atoms with Crippen LogP contribution in [0.2, 0.25) is 0 Å². The normalized spacial score (nSPS) is 9.40. The predicted octanol–water partition coefficient (Wildman–Crippen LogP) is 0.955. The van der Waals surface area contributed by atoms with Crippen LogP contribution in [0.15, 0.2) is 0 Å². The van der Waals surface area contributed by atoms with Crippen molar-refractivity contribution in [2.24, 2.45) is 0 Å². The van der Waals surface area contributed by atoms with Crippen molar-refractivity contribution < 1.29 is 25.4 Å². The van der Waals surface area contributed by atoms with Gasteiger partial charge in [-0.15, -0.1) is 8.15 Å². The third kappa shape index (κ3) is 129. The first-order valence-electron chi connectivity index (χ1n) is 2.12. The molecule has 8 heteroatoms. The Morgan fingerprint density at radius 2 is 1.30 bits per heavy atom. The minimum absolute atomic E-state index is 0.463. The molecule has 0 aliphatic heterocycles. The molecule has 0 heterocycles. The Kier molecular flexibility index (Phi) is 6.63. The topological polar surface area (TPSA) is 20.1 Å². The fraction of sp³-hybridized carbons (Fsp3) is 1.00. The van der Waals surface area contributed by atoms with Crippen molar-refractivity contribution in [3.05, 3.63) is 0 Å². The molecular weight excluding hydrogens is 173 g/mol. The Labute approximate surface area is 59.2 Å². The second-order valence-corrected chi connectivity index (χ2v) is 2.26. The maximum atomic E-state index is 9.75. The molecule has 0 fully saturated rings. The molecule has 0 saturated heterocycles. The fourth-order valence-electron chi connectivity index (χ4n) is 0. The lowest BCUT2D eigenvalue weighted by Crippen LogP contribution is -2.02. The van der Waals surface area contributed by atoms with E-state index in [-0.39, 0.29) is 0 Å². The van der Waals surface area contributed by atoms with E-state index in [9.17, 15) is 21.5 Å². The largest absolute Gasteiger partial charge is 0.673 e. The van der Waals surface area contributed by atoms with Gasteiger partial charge in [-0.25, -0.2) is 0 Å². The molecule has 0 unspecified atom stereocenters. The second-order valence-electron chi connectivity index (χ2n) is 1.38. The molecular formula is C2H6BF4NOS. The predicted molar refractivity (Wildman–Crippen MR) is 30.4 cm³/mol. The van der Waals surface area contributed by atoms with Crippen LogP contribution in [0.1, 0.15) is 0 Å². The van der Waals surface area contributed by atoms with E-state index >= 15 is 0 Å². The van der Waals surface area contributed by atoms with Crippen LogP contribution in [0.25, 0.3) is 0 Å². The first kappa shape index (κ1) is 12.3. The van der Waals surface area contributed by atoms with Gasteiger partial charge in [0.1, 0.15) is 14.1 Å². The molecule has 0 rings (SSSR count). The van der Waals surface area contributed by atoms with E-state index in [4.69, 9.17) is 0 Å². The molecule has 0 amide bonds. The summed E-state index contributed by atoms with van der Waals surface area (Å²) in [6.07, 6.45) is 0. The van der Waals surface area contributed by atoms with Crippen LogP contribution in [0.4, 0.5) is 17.3 Å². The smallest absolute Gasteiger partial charge is 0.418 e. The number of hydrogen-bond donors (Lipinski definition) is 0. The summed E-state index contributed by atoms with van der Waals surface area (Å²) in [4.78, 5) is 0. The molecule has 0 aliphatic carbocycles. The van der Waals surface area contributed by atoms with Gasteiger partial charge >= 0.3 is 18.7 Å². The van der Waals surface area contributed by atoms with E-state index in [0.29, 0.717) is 11.5 Å². The zero-order chi connectivity index (χ0) is 8.78. The monoisotopic (exact) mass is 179 g/mol. The lowest BCUT2D eigenvalue weighted by molar-refractivity contribution is -0.434. The summed E-state index contributed by atoms with van der Waals surface area (Å²) >= 11 is 0.463. The minimum Gasteiger partial charge on any atom is -0.418 e. The molecule has 0 N–H and O–H groups in total. The van der Waals surface area contributed by atoms with E-state index in [1.165, 1.54) is 3.95 Å². The molecule has 0 aromatic carbocycles. The average Bonchev–Trinajstić information content (AvgIpc) is 1.61. The summed E-state index contributed by atoms with van der Waals surface area (Å²) in [7, 11) is -2.59. The Hall–Kier alpha value is -0.395. The first-order chi connectivity index (χ1) is 4.27. The number of hydrogen-bond acceptors (Lipinski definition) is 1. The van der Waals surface area contributed by atoms with Gasteiger partial charge in [0.2, 0.25) is 0 Å². The Bertz CT molecular complexity index is 131. The quantitative estimate of drug-likeness (QED) is 0.308. The highest BCUT2D eigenvalue weighted by Crippen LogP contribution is 2.06. The fourth-order valence-corrected chi connectivity index (χ4v) is 0. The van der Waals surface area contributed by atoms with Gasteiger partial charge in [-0.2, -0.15) is 0 Å². The van der Waals surface area contributed by atoms with Crippen molar-refractivity contribution >= 4 is 18.7 Å². The zero-order valence-electron chi connectivity index (χ0n) is 5.35. The van der Waals surface area contributed by atoms with Gasteiger partial charge in [0, 0.05) is 0 Å². The molecule has 0 saturated carbocycles. The maximum absolute atomic E-state index is 9.75. The van der Waals surface area contributed by atoms with Gasteiger partial charge < -0.3 is 17.3 Å². The van der Waals surface area contributed by atoms with E-state index in [0.717, 1.165) is 0 Å². The van der Waals surface area contributed by atoms with Crippen molar-refractivity contribution in [1.29, 1.82) is 0 Å². The Morgan fingerprint density at radius 3 is 1.30 bits per heavy atom. The van der Waals surface area contributed by atoms with Crippen molar-refractivity contribution in [2.75, 3.05) is 14.1 Å². The van der Waals surface area contributed by atoms with Gasteiger partial charge in [-0.3, -0.25) is 0 Å². The highest BCUT2D eigenvalue weighted by Gasteiger charge is 2.20. The summed E-state index contributed by atoms with van der Waals surface area (Å²) in [5, 5.41) is 0. The molecule has 0 bridgehead atoms. The van der Waals surface area contributed by atoms with Gasteiger partial charge in [-0.05, 0) is 0 Å². The SMILES string of the molecule is C[N+](C)=S=O.F[B-](F)(F)F. The Morgan fingerprint density at radius 1 is 1.20 bits per heavy atom. The summed E-state index contributed by atoms with van der Waals surface area (Å²) < 4.78 is 50.0. The second kappa shape index (κ2) is 5.39. The van der Waals surface area contributed by atoms with Crippen LogP contribution in [0.5, 0.6) is 0 Å². The molecule has 0 aromatic rings. The molecule has 0 aliphatic rings. The van der Waals surface area contributed by atoms with E-state index in [1.807, 2.05) is 0 Å². The lowest BCUT2D eigenvalue weighted by atomic mass is 10.3. The van der Waals surface area contributed by atoms with Crippen LogP contribution in [-0.4, -0.2) is 29.5 Å². The molecule has 2 nitrogen and oxygen atoms in total. The Balaban J connectivity index is 0. The first-order valence-corrected chi connectivity index (χ1v) is 2.82. The van der Waals surface area contributed by atoms with Crippen LogP contribution in [0, 0.1) is 0 Å². The highest BCUT2D eigenvalue weighted by molar-refractivity contribution is 7.51. The van der Waals surface area contributed by atoms with E-state index < -0.39 is 7.25 Å². The van der Waals surface area contributed by atoms with E-state index in [1.54, 1.807) is 14.1 Å². The summed E-state index contributed by atoms with van der Waals surface area (Å²) in [6.45, 7) is 0. The summed E-state index contributed by atoms with van der Waals surface area (Å²) in [5.74, 6) is 0. The van der Waals surface area contributed by atoms with Crippen molar-refractivity contribution in [1.82, 2.24) is 0 Å². The van der Waals surface area contributed by atoms with Crippen LogP contribution < -0.4 is 0 Å². The van der Waals surface area contributed by atoms with Gasteiger partial charge in [0.25, 0.3) is 0 Å². The molecule has 10 heavy (non-hydrogen) atoms. The van der Waals surface area contributed by atoms with Crippen molar-refractivity contribution in [3.8, 4) is 0 Å².